The van der Waals surface area contributed by atoms with Gasteiger partial charge in [0.2, 0.25) is 10.0 Å². The van der Waals surface area contributed by atoms with Gasteiger partial charge < -0.3 is 25.9 Å². The van der Waals surface area contributed by atoms with Crippen LogP contribution in [0.5, 0.6) is 5.75 Å². The number of aliphatic hydroxyl groups excluding tert-OH is 1. The van der Waals surface area contributed by atoms with Gasteiger partial charge in [0.1, 0.15) is 12.4 Å². The number of hydrogen-bond donors (Lipinski definition) is 5. The summed E-state index contributed by atoms with van der Waals surface area (Å²) in [5.74, 6) is 0.773. The smallest absolute Gasteiger partial charge is 0.229 e. The molecule has 0 spiro atoms. The summed E-state index contributed by atoms with van der Waals surface area (Å²) in [5.41, 5.74) is 10.2. The Balaban J connectivity index is 1.47. The first-order valence-corrected chi connectivity index (χ1v) is 12.1. The van der Waals surface area contributed by atoms with Crippen molar-refractivity contribution in [1.82, 2.24) is 10.3 Å². The third-order valence-electron chi connectivity index (χ3n) is 4.95. The van der Waals surface area contributed by atoms with E-state index >= 15 is 0 Å². The van der Waals surface area contributed by atoms with E-state index in [9.17, 15) is 13.5 Å². The predicted molar refractivity (Wildman–Crippen MR) is 124 cm³/mol. The first kappa shape index (κ1) is 23.1. The van der Waals surface area contributed by atoms with Gasteiger partial charge in [0.05, 0.1) is 12.4 Å². The second-order valence-electron chi connectivity index (χ2n) is 7.54. The van der Waals surface area contributed by atoms with Gasteiger partial charge in [0, 0.05) is 41.4 Å². The van der Waals surface area contributed by atoms with E-state index in [2.05, 4.69) is 15.0 Å². The first-order chi connectivity index (χ1) is 14.8. The summed E-state index contributed by atoms with van der Waals surface area (Å²) in [6.45, 7) is 3.99. The fraction of sp³-hybridized carbons (Fsp3) is 0.364. The number of aryl methyl sites for hydroxylation is 1. The number of aromatic nitrogens is 1. The van der Waals surface area contributed by atoms with Gasteiger partial charge >= 0.3 is 0 Å². The molecule has 1 aromatic heterocycles. The summed E-state index contributed by atoms with van der Waals surface area (Å²) in [4.78, 5) is 3.38. The zero-order valence-corrected chi connectivity index (χ0v) is 18.6. The van der Waals surface area contributed by atoms with Crippen molar-refractivity contribution < 1.29 is 18.3 Å². The SMILES string of the molecule is Cc1[nH]c2cc(OCCNCC(O)c3cccc(NS(C)(=O)=O)c3)ccc2c1CCN. The van der Waals surface area contributed by atoms with Crippen LogP contribution in [0, 0.1) is 6.92 Å². The summed E-state index contributed by atoms with van der Waals surface area (Å²) >= 11 is 0. The van der Waals surface area contributed by atoms with Crippen LogP contribution in [-0.2, 0) is 16.4 Å². The van der Waals surface area contributed by atoms with E-state index < -0.39 is 16.1 Å². The highest BCUT2D eigenvalue weighted by Crippen LogP contribution is 2.26. The fourth-order valence-electron chi connectivity index (χ4n) is 3.55. The maximum atomic E-state index is 11.4. The minimum absolute atomic E-state index is 0.322. The molecule has 8 nitrogen and oxygen atoms in total. The average Bonchev–Trinajstić information content (AvgIpc) is 3.01. The Kier molecular flexibility index (Phi) is 7.55. The second-order valence-corrected chi connectivity index (χ2v) is 9.29. The van der Waals surface area contributed by atoms with Crippen LogP contribution in [0.1, 0.15) is 22.9 Å². The number of sulfonamides is 1. The molecule has 1 unspecified atom stereocenters. The molecule has 0 radical (unpaired) electrons. The van der Waals surface area contributed by atoms with E-state index in [1.165, 1.54) is 10.9 Å². The number of anilines is 1. The Morgan fingerprint density at radius 1 is 1.23 bits per heavy atom. The molecule has 1 atom stereocenters. The maximum Gasteiger partial charge on any atom is 0.229 e. The van der Waals surface area contributed by atoms with Crippen molar-refractivity contribution in [3.05, 3.63) is 59.3 Å². The number of nitrogens with one attached hydrogen (secondary N) is 3. The molecule has 1 heterocycles. The molecule has 3 aromatic rings. The third-order valence-corrected chi connectivity index (χ3v) is 5.55. The molecule has 0 fully saturated rings. The Morgan fingerprint density at radius 2 is 2.03 bits per heavy atom. The highest BCUT2D eigenvalue weighted by Gasteiger charge is 2.10. The fourth-order valence-corrected chi connectivity index (χ4v) is 4.10. The summed E-state index contributed by atoms with van der Waals surface area (Å²) in [7, 11) is -3.36. The summed E-state index contributed by atoms with van der Waals surface area (Å²) in [6.07, 6.45) is 1.16. The molecule has 0 bridgehead atoms. The Hall–Kier alpha value is -2.59. The minimum atomic E-state index is -3.36. The van der Waals surface area contributed by atoms with E-state index in [0.717, 1.165) is 29.6 Å². The largest absolute Gasteiger partial charge is 0.492 e. The predicted octanol–water partition coefficient (Wildman–Crippen LogP) is 2.05. The quantitative estimate of drug-likeness (QED) is 0.287. The maximum absolute atomic E-state index is 11.4. The molecule has 168 valence electrons. The molecule has 0 aliphatic heterocycles. The highest BCUT2D eigenvalue weighted by molar-refractivity contribution is 7.92. The molecule has 9 heteroatoms. The van der Waals surface area contributed by atoms with Crippen molar-refractivity contribution in [2.24, 2.45) is 5.73 Å². The van der Waals surface area contributed by atoms with E-state index in [0.29, 0.717) is 37.5 Å². The van der Waals surface area contributed by atoms with Crippen LogP contribution in [0.4, 0.5) is 5.69 Å². The number of benzene rings is 2. The van der Waals surface area contributed by atoms with Crippen LogP contribution < -0.4 is 20.5 Å². The number of H-pyrrole nitrogens is 1. The third kappa shape index (κ3) is 6.44. The molecular formula is C22H30N4O4S. The summed E-state index contributed by atoms with van der Waals surface area (Å²) in [5, 5.41) is 14.7. The van der Waals surface area contributed by atoms with Crippen LogP contribution in [0.2, 0.25) is 0 Å². The number of hydrogen-bond acceptors (Lipinski definition) is 6. The molecule has 6 N–H and O–H groups in total. The monoisotopic (exact) mass is 446 g/mol. The van der Waals surface area contributed by atoms with E-state index in [1.54, 1.807) is 24.3 Å². The van der Waals surface area contributed by atoms with E-state index in [4.69, 9.17) is 10.5 Å². The molecule has 3 rings (SSSR count). The van der Waals surface area contributed by atoms with Crippen LogP contribution in [0.25, 0.3) is 10.9 Å². The Morgan fingerprint density at radius 3 is 2.77 bits per heavy atom. The lowest BCUT2D eigenvalue weighted by Crippen LogP contribution is -2.26. The number of nitrogens with two attached hydrogens (primary N) is 1. The zero-order chi connectivity index (χ0) is 22.4. The molecular weight excluding hydrogens is 416 g/mol. The van der Waals surface area contributed by atoms with Crippen molar-refractivity contribution in [3.63, 3.8) is 0 Å². The summed E-state index contributed by atoms with van der Waals surface area (Å²) < 4.78 is 30.9. The van der Waals surface area contributed by atoms with E-state index in [-0.39, 0.29) is 0 Å². The molecule has 0 aliphatic carbocycles. The van der Waals surface area contributed by atoms with E-state index in [1.807, 2.05) is 25.1 Å². The lowest BCUT2D eigenvalue weighted by Gasteiger charge is -2.14. The van der Waals surface area contributed by atoms with Crippen LogP contribution in [0.15, 0.2) is 42.5 Å². The van der Waals surface area contributed by atoms with Crippen LogP contribution >= 0.6 is 0 Å². The van der Waals surface area contributed by atoms with Crippen molar-refractivity contribution in [2.45, 2.75) is 19.4 Å². The van der Waals surface area contributed by atoms with Crippen LogP contribution in [0.3, 0.4) is 0 Å². The zero-order valence-electron chi connectivity index (χ0n) is 17.8. The molecule has 0 saturated heterocycles. The average molecular weight is 447 g/mol. The normalized spacial score (nSPS) is 12.8. The van der Waals surface area contributed by atoms with Gasteiger partial charge in [0.15, 0.2) is 0 Å². The molecule has 31 heavy (non-hydrogen) atoms. The Labute approximate surface area is 182 Å². The van der Waals surface area contributed by atoms with Crippen molar-refractivity contribution in [1.29, 1.82) is 0 Å². The van der Waals surface area contributed by atoms with Gasteiger partial charge in [-0.3, -0.25) is 4.72 Å². The molecule has 0 amide bonds. The lowest BCUT2D eigenvalue weighted by atomic mass is 10.1. The minimum Gasteiger partial charge on any atom is -0.492 e. The molecule has 2 aromatic carbocycles. The van der Waals surface area contributed by atoms with Crippen LogP contribution in [-0.4, -0.2) is 51.0 Å². The van der Waals surface area contributed by atoms with Crippen molar-refractivity contribution in [2.75, 3.05) is 37.2 Å². The van der Waals surface area contributed by atoms with Crippen molar-refractivity contribution >= 4 is 26.6 Å². The number of aliphatic hydroxyl groups is 1. The number of fused-ring (bicyclic) bond motifs is 1. The summed E-state index contributed by atoms with van der Waals surface area (Å²) in [6, 6.07) is 12.7. The standard InChI is InChI=1S/C22H30N4O4S/c1-15-19(8-9-23)20-7-6-18(13-21(20)25-15)30-11-10-24-14-22(27)16-4-3-5-17(12-16)26-31(2,28)29/h3-7,12-13,22,24-27H,8-11,14,23H2,1-2H3. The number of rotatable bonds is 11. The molecule has 0 saturated carbocycles. The van der Waals surface area contributed by atoms with Gasteiger partial charge in [-0.1, -0.05) is 12.1 Å². The van der Waals surface area contributed by atoms with Gasteiger partial charge in [0.25, 0.3) is 0 Å². The van der Waals surface area contributed by atoms with Gasteiger partial charge in [-0.05, 0) is 55.3 Å². The number of aromatic amines is 1. The van der Waals surface area contributed by atoms with Gasteiger partial charge in [-0.25, -0.2) is 8.42 Å². The topological polar surface area (TPSA) is 129 Å². The lowest BCUT2D eigenvalue weighted by molar-refractivity contribution is 0.172. The second kappa shape index (κ2) is 10.1. The Bertz CT molecular complexity index is 1130. The van der Waals surface area contributed by atoms with Gasteiger partial charge in [-0.2, -0.15) is 0 Å². The highest BCUT2D eigenvalue weighted by atomic mass is 32.2. The molecule has 0 aliphatic rings. The first-order valence-electron chi connectivity index (χ1n) is 10.2. The number of ether oxygens (including phenoxy) is 1. The van der Waals surface area contributed by atoms with Gasteiger partial charge in [-0.15, -0.1) is 0 Å². The van der Waals surface area contributed by atoms with Crippen molar-refractivity contribution in [3.8, 4) is 5.75 Å².